The average Bonchev–Trinajstić information content (AvgIpc) is 2.70. The summed E-state index contributed by atoms with van der Waals surface area (Å²) in [5.41, 5.74) is 0.668. The summed E-state index contributed by atoms with van der Waals surface area (Å²) in [5, 5.41) is 27.4. The number of aliphatic carboxylic acids is 1. The molecule has 0 aliphatic carbocycles. The lowest BCUT2D eigenvalue weighted by molar-refractivity contribution is -0.153. The number of hydrogen-bond donors (Lipinski definition) is 3. The Morgan fingerprint density at radius 2 is 2.12 bits per heavy atom. The topological polar surface area (TPSA) is 108 Å². The number of hydrogen-bond acceptors (Lipinski definition) is 5. The van der Waals surface area contributed by atoms with Crippen molar-refractivity contribution in [3.8, 4) is 0 Å². The molecule has 7 heteroatoms. The molecule has 2 atom stereocenters. The van der Waals surface area contributed by atoms with Crippen molar-refractivity contribution in [3.63, 3.8) is 0 Å². The Hall–Kier alpha value is -1.99. The Balaban J connectivity index is 2.44. The van der Waals surface area contributed by atoms with Crippen LogP contribution in [-0.2, 0) is 4.79 Å². The van der Waals surface area contributed by atoms with Crippen LogP contribution in [0.15, 0.2) is 24.8 Å². The van der Waals surface area contributed by atoms with Crippen molar-refractivity contribution in [3.05, 3.63) is 30.5 Å². The summed E-state index contributed by atoms with van der Waals surface area (Å²) in [6.45, 7) is 0. The molecule has 0 saturated carbocycles. The van der Waals surface area contributed by atoms with E-state index >= 15 is 0 Å². The first kappa shape index (κ1) is 10.5. The van der Waals surface area contributed by atoms with Crippen molar-refractivity contribution in [2.75, 3.05) is 0 Å². The quantitative estimate of drug-likeness (QED) is 0.629. The molecule has 2 aromatic rings. The number of carbonyl (C=O) groups is 1. The highest BCUT2D eigenvalue weighted by Crippen LogP contribution is 2.17. The zero-order valence-corrected chi connectivity index (χ0v) is 8.06. The van der Waals surface area contributed by atoms with Crippen molar-refractivity contribution in [2.24, 2.45) is 0 Å². The second-order valence-corrected chi connectivity index (χ2v) is 3.22. The van der Waals surface area contributed by atoms with Gasteiger partial charge < -0.3 is 15.3 Å². The fourth-order valence-electron chi connectivity index (χ4n) is 1.38. The maximum absolute atomic E-state index is 10.5. The molecule has 0 radical (unpaired) electrons. The second-order valence-electron chi connectivity index (χ2n) is 3.22. The Kier molecular flexibility index (Phi) is 2.55. The van der Waals surface area contributed by atoms with Crippen LogP contribution >= 0.6 is 0 Å². The van der Waals surface area contributed by atoms with E-state index in [9.17, 15) is 15.0 Å². The maximum atomic E-state index is 10.5. The van der Waals surface area contributed by atoms with Gasteiger partial charge in [-0.2, -0.15) is 0 Å². The Morgan fingerprint density at radius 1 is 1.38 bits per heavy atom. The van der Waals surface area contributed by atoms with Gasteiger partial charge in [-0.3, -0.25) is 9.38 Å². The molecule has 7 nitrogen and oxygen atoms in total. The van der Waals surface area contributed by atoms with Gasteiger partial charge in [0.05, 0.1) is 18.1 Å². The molecule has 2 rings (SSSR count). The third-order valence-electron chi connectivity index (χ3n) is 2.20. The van der Waals surface area contributed by atoms with Gasteiger partial charge in [0.2, 0.25) is 0 Å². The van der Waals surface area contributed by atoms with Crippen molar-refractivity contribution in [1.82, 2.24) is 14.4 Å². The summed E-state index contributed by atoms with van der Waals surface area (Å²) in [6.07, 6.45) is 2.34. The van der Waals surface area contributed by atoms with Crippen LogP contribution in [0.3, 0.4) is 0 Å². The molecule has 0 spiro atoms. The zero-order valence-electron chi connectivity index (χ0n) is 8.06. The Bertz CT molecular complexity index is 524. The van der Waals surface area contributed by atoms with E-state index in [1.807, 2.05) is 0 Å². The average molecular weight is 223 g/mol. The molecule has 3 N–H and O–H groups in total. The number of imidazole rings is 1. The smallest absolute Gasteiger partial charge is 0.335 e. The van der Waals surface area contributed by atoms with Gasteiger partial charge in [0.1, 0.15) is 6.10 Å². The highest BCUT2D eigenvalue weighted by molar-refractivity contribution is 5.73. The normalized spacial score (nSPS) is 14.9. The lowest BCUT2D eigenvalue weighted by atomic mass is 10.1. The fraction of sp³-hybridized carbons (Fsp3) is 0.222. The summed E-state index contributed by atoms with van der Waals surface area (Å²) in [6, 6.07) is 0. The van der Waals surface area contributed by atoms with Gasteiger partial charge in [0, 0.05) is 12.4 Å². The van der Waals surface area contributed by atoms with E-state index in [0.29, 0.717) is 5.65 Å². The van der Waals surface area contributed by atoms with Crippen LogP contribution in [0.5, 0.6) is 0 Å². The summed E-state index contributed by atoms with van der Waals surface area (Å²) in [5.74, 6) is -1.49. The predicted octanol–water partition coefficient (Wildman–Crippen LogP) is -0.792. The Labute approximate surface area is 89.6 Å². The lowest BCUT2D eigenvalue weighted by Crippen LogP contribution is -2.28. The van der Waals surface area contributed by atoms with Crippen LogP contribution in [0.25, 0.3) is 5.65 Å². The summed E-state index contributed by atoms with van der Waals surface area (Å²) in [7, 11) is 0. The van der Waals surface area contributed by atoms with Gasteiger partial charge in [-0.15, -0.1) is 0 Å². The van der Waals surface area contributed by atoms with Crippen LogP contribution in [0.4, 0.5) is 0 Å². The highest BCUT2D eigenvalue weighted by atomic mass is 16.4. The molecule has 0 aliphatic rings. The minimum Gasteiger partial charge on any atom is -0.479 e. The van der Waals surface area contributed by atoms with Crippen molar-refractivity contribution >= 4 is 11.6 Å². The van der Waals surface area contributed by atoms with Crippen molar-refractivity contribution in [1.29, 1.82) is 0 Å². The zero-order chi connectivity index (χ0) is 11.7. The third-order valence-corrected chi connectivity index (χ3v) is 2.20. The highest BCUT2D eigenvalue weighted by Gasteiger charge is 2.27. The van der Waals surface area contributed by atoms with E-state index < -0.39 is 18.2 Å². The number of rotatable bonds is 3. The molecule has 0 bridgehead atoms. The number of fused-ring (bicyclic) bond motifs is 1. The van der Waals surface area contributed by atoms with E-state index in [1.165, 1.54) is 29.2 Å². The number of aliphatic hydroxyl groups excluding tert-OH is 2. The minimum absolute atomic E-state index is 0.201. The molecule has 2 unspecified atom stereocenters. The van der Waals surface area contributed by atoms with Crippen LogP contribution in [0.1, 0.15) is 11.8 Å². The molecule has 16 heavy (non-hydrogen) atoms. The van der Waals surface area contributed by atoms with Crippen LogP contribution in [0.2, 0.25) is 0 Å². The number of aromatic nitrogens is 3. The molecule has 2 heterocycles. The first-order valence-corrected chi connectivity index (χ1v) is 4.47. The standard InChI is InChI=1S/C9H9N3O4/c13-7(8(14)9(15)16)5-3-11-6-4-10-1-2-12(5)6/h1-4,7-8,13-14H,(H,15,16). The molecule has 2 aromatic heterocycles. The lowest BCUT2D eigenvalue weighted by Gasteiger charge is -2.13. The van der Waals surface area contributed by atoms with Gasteiger partial charge in [-0.25, -0.2) is 9.78 Å². The van der Waals surface area contributed by atoms with E-state index in [-0.39, 0.29) is 5.69 Å². The number of nitrogens with zero attached hydrogens (tertiary/aromatic N) is 3. The molecule has 0 fully saturated rings. The van der Waals surface area contributed by atoms with Crippen LogP contribution in [-0.4, -0.2) is 41.8 Å². The van der Waals surface area contributed by atoms with Crippen molar-refractivity contribution in [2.45, 2.75) is 12.2 Å². The molecule has 84 valence electrons. The SMILES string of the molecule is O=C(O)C(O)C(O)c1cnc2cnccn12. The minimum atomic E-state index is -1.88. The number of carboxylic acids is 1. The van der Waals surface area contributed by atoms with Crippen LogP contribution < -0.4 is 0 Å². The first-order chi connectivity index (χ1) is 7.61. The number of aliphatic hydroxyl groups is 2. The first-order valence-electron chi connectivity index (χ1n) is 4.47. The number of carboxylic acid groups (broad SMARTS) is 1. The van der Waals surface area contributed by atoms with Gasteiger partial charge in [-0.05, 0) is 0 Å². The second kappa shape index (κ2) is 3.87. The van der Waals surface area contributed by atoms with E-state index in [2.05, 4.69) is 9.97 Å². The molecule has 0 aliphatic heterocycles. The van der Waals surface area contributed by atoms with Gasteiger partial charge >= 0.3 is 5.97 Å². The van der Waals surface area contributed by atoms with Gasteiger partial charge in [0.15, 0.2) is 11.8 Å². The molecule has 0 aromatic carbocycles. The largest absolute Gasteiger partial charge is 0.479 e. The Morgan fingerprint density at radius 3 is 2.81 bits per heavy atom. The third kappa shape index (κ3) is 1.62. The van der Waals surface area contributed by atoms with Gasteiger partial charge in [-0.1, -0.05) is 0 Å². The summed E-state index contributed by atoms with van der Waals surface area (Å²) < 4.78 is 1.46. The predicted molar refractivity (Wildman–Crippen MR) is 51.6 cm³/mol. The van der Waals surface area contributed by atoms with Crippen molar-refractivity contribution < 1.29 is 20.1 Å². The molecular formula is C9H9N3O4. The van der Waals surface area contributed by atoms with Gasteiger partial charge in [0.25, 0.3) is 0 Å². The van der Waals surface area contributed by atoms with E-state index in [4.69, 9.17) is 5.11 Å². The van der Waals surface area contributed by atoms with E-state index in [1.54, 1.807) is 0 Å². The summed E-state index contributed by atoms with van der Waals surface area (Å²) in [4.78, 5) is 18.3. The van der Waals surface area contributed by atoms with Crippen LogP contribution in [0, 0.1) is 0 Å². The molecule has 0 saturated heterocycles. The van der Waals surface area contributed by atoms with E-state index in [0.717, 1.165) is 0 Å². The summed E-state index contributed by atoms with van der Waals surface area (Å²) >= 11 is 0. The monoisotopic (exact) mass is 223 g/mol. The maximum Gasteiger partial charge on any atom is 0.335 e. The molecule has 0 amide bonds. The fourth-order valence-corrected chi connectivity index (χ4v) is 1.38. The molecular weight excluding hydrogens is 214 g/mol.